The van der Waals surface area contributed by atoms with Crippen molar-refractivity contribution >= 4 is 21.6 Å². The van der Waals surface area contributed by atoms with Crippen LogP contribution >= 0.6 is 0 Å². The summed E-state index contributed by atoms with van der Waals surface area (Å²) in [6, 6.07) is 5.46. The topological polar surface area (TPSA) is 59.4 Å². The van der Waals surface area contributed by atoms with E-state index >= 15 is 0 Å². The molecule has 1 aliphatic heterocycles. The average molecular weight is 411 g/mol. The summed E-state index contributed by atoms with van der Waals surface area (Å²) in [7, 11) is -1.56. The first-order valence-electron chi connectivity index (χ1n) is 10.3. The standard InChI is InChI=1S/C23H26N2O3S/c1-24-15-20(17-4-3-5-18(17)22(24)26)19-14-16(29(2,27)28)6-7-21(19)25-12-10-23(8-9-23)11-13-25/h3-4,6-7,14-15H,5,8-13H2,1-2H3. The van der Waals surface area contributed by atoms with E-state index in [1.807, 2.05) is 24.4 Å². The Bertz CT molecular complexity index is 1190. The molecule has 5 nitrogen and oxygen atoms in total. The van der Waals surface area contributed by atoms with Gasteiger partial charge in [0.1, 0.15) is 0 Å². The third-order valence-electron chi connectivity index (χ3n) is 6.93. The van der Waals surface area contributed by atoms with Crippen molar-refractivity contribution in [3.05, 3.63) is 52.0 Å². The zero-order valence-corrected chi connectivity index (χ0v) is 17.8. The van der Waals surface area contributed by atoms with Gasteiger partial charge < -0.3 is 9.47 Å². The highest BCUT2D eigenvalue weighted by Gasteiger charge is 2.44. The van der Waals surface area contributed by atoms with E-state index in [4.69, 9.17) is 0 Å². The van der Waals surface area contributed by atoms with Gasteiger partial charge in [-0.3, -0.25) is 4.79 Å². The Morgan fingerprint density at radius 1 is 1.03 bits per heavy atom. The van der Waals surface area contributed by atoms with Crippen molar-refractivity contribution in [3.8, 4) is 11.1 Å². The number of nitrogens with zero attached hydrogens (tertiary/aromatic N) is 2. The number of aryl methyl sites for hydroxylation is 1. The van der Waals surface area contributed by atoms with E-state index in [1.54, 1.807) is 23.7 Å². The minimum absolute atomic E-state index is 0.0169. The molecule has 0 unspecified atom stereocenters. The van der Waals surface area contributed by atoms with Crippen LogP contribution < -0.4 is 10.5 Å². The van der Waals surface area contributed by atoms with Crippen LogP contribution in [0.25, 0.3) is 17.2 Å². The third-order valence-corrected chi connectivity index (χ3v) is 8.04. The molecule has 2 fully saturated rings. The zero-order valence-electron chi connectivity index (χ0n) is 16.9. The Labute approximate surface area is 171 Å². The number of pyridine rings is 1. The van der Waals surface area contributed by atoms with Crippen molar-refractivity contribution in [1.29, 1.82) is 0 Å². The van der Waals surface area contributed by atoms with Crippen LogP contribution in [0, 0.1) is 5.41 Å². The quantitative estimate of drug-likeness (QED) is 0.778. The molecule has 3 aliphatic rings. The third kappa shape index (κ3) is 3.14. The van der Waals surface area contributed by atoms with E-state index in [2.05, 4.69) is 4.90 Å². The van der Waals surface area contributed by atoms with Gasteiger partial charge in [-0.25, -0.2) is 8.42 Å². The second kappa shape index (κ2) is 6.33. The summed E-state index contributed by atoms with van der Waals surface area (Å²) in [5.41, 5.74) is 5.20. The number of hydrogen-bond donors (Lipinski definition) is 0. The van der Waals surface area contributed by atoms with Gasteiger partial charge in [0, 0.05) is 55.0 Å². The van der Waals surface area contributed by atoms with Crippen molar-refractivity contribution in [2.45, 2.75) is 37.0 Å². The van der Waals surface area contributed by atoms with E-state index in [9.17, 15) is 13.2 Å². The van der Waals surface area contributed by atoms with Crippen molar-refractivity contribution in [2.75, 3.05) is 24.2 Å². The highest BCUT2D eigenvalue weighted by atomic mass is 32.2. The molecule has 5 rings (SSSR count). The number of benzene rings is 1. The number of piperidine rings is 1. The monoisotopic (exact) mass is 410 g/mol. The first kappa shape index (κ1) is 18.7. The molecule has 1 aromatic heterocycles. The number of anilines is 1. The van der Waals surface area contributed by atoms with Gasteiger partial charge in [0.2, 0.25) is 0 Å². The van der Waals surface area contributed by atoms with E-state index in [-0.39, 0.29) is 5.56 Å². The van der Waals surface area contributed by atoms with Crippen LogP contribution in [0.15, 0.2) is 40.2 Å². The fraction of sp³-hybridized carbons (Fsp3) is 0.435. The SMILES string of the molecule is Cn1cc(-c2cc(S(C)(=O)=O)ccc2N2CCC3(CC2)CC3)c2c(c1=O)CC=C2. The molecule has 152 valence electrons. The number of hydrogen-bond acceptors (Lipinski definition) is 4. The average Bonchev–Trinajstić information content (AvgIpc) is 3.25. The Kier molecular flexibility index (Phi) is 4.07. The molecule has 0 atom stereocenters. The number of aromatic nitrogens is 1. The molecular weight excluding hydrogens is 384 g/mol. The summed E-state index contributed by atoms with van der Waals surface area (Å²) in [4.78, 5) is 15.3. The van der Waals surface area contributed by atoms with E-state index in [1.165, 1.54) is 31.9 Å². The van der Waals surface area contributed by atoms with Gasteiger partial charge in [-0.1, -0.05) is 12.2 Å². The first-order valence-corrected chi connectivity index (χ1v) is 12.2. The molecule has 0 bridgehead atoms. The highest BCUT2D eigenvalue weighted by molar-refractivity contribution is 7.90. The molecule has 6 heteroatoms. The van der Waals surface area contributed by atoms with Crippen LogP contribution in [0.4, 0.5) is 5.69 Å². The summed E-state index contributed by atoms with van der Waals surface area (Å²) in [5, 5.41) is 0. The Balaban J connectivity index is 1.68. The fourth-order valence-corrected chi connectivity index (χ4v) is 5.49. The van der Waals surface area contributed by atoms with Gasteiger partial charge in [0.15, 0.2) is 9.84 Å². The lowest BCUT2D eigenvalue weighted by Gasteiger charge is -2.35. The molecule has 1 saturated carbocycles. The highest BCUT2D eigenvalue weighted by Crippen LogP contribution is 2.54. The van der Waals surface area contributed by atoms with Crippen molar-refractivity contribution in [3.63, 3.8) is 0 Å². The van der Waals surface area contributed by atoms with Gasteiger partial charge in [-0.15, -0.1) is 0 Å². The van der Waals surface area contributed by atoms with Crippen LogP contribution in [0.5, 0.6) is 0 Å². The van der Waals surface area contributed by atoms with Gasteiger partial charge in [-0.2, -0.15) is 0 Å². The Morgan fingerprint density at radius 2 is 1.76 bits per heavy atom. The summed E-state index contributed by atoms with van der Waals surface area (Å²) in [6.45, 7) is 1.99. The lowest BCUT2D eigenvalue weighted by molar-refractivity contribution is 0.384. The molecule has 0 amide bonds. The van der Waals surface area contributed by atoms with Crippen LogP contribution in [0.2, 0.25) is 0 Å². The molecule has 0 N–H and O–H groups in total. The number of rotatable bonds is 3. The van der Waals surface area contributed by atoms with Crippen molar-refractivity contribution in [1.82, 2.24) is 4.57 Å². The normalized spacial score (nSPS) is 19.6. The molecule has 29 heavy (non-hydrogen) atoms. The summed E-state index contributed by atoms with van der Waals surface area (Å²) in [5.74, 6) is 0. The molecule has 2 aliphatic carbocycles. The second-order valence-corrected chi connectivity index (χ2v) is 10.9. The zero-order chi connectivity index (χ0) is 20.4. The molecular formula is C23H26N2O3S. The van der Waals surface area contributed by atoms with Crippen LogP contribution in [0.3, 0.4) is 0 Å². The van der Waals surface area contributed by atoms with Gasteiger partial charge >= 0.3 is 0 Å². The number of sulfone groups is 1. The van der Waals surface area contributed by atoms with Crippen molar-refractivity contribution in [2.24, 2.45) is 12.5 Å². The van der Waals surface area contributed by atoms with E-state index in [0.29, 0.717) is 16.7 Å². The fourth-order valence-electron chi connectivity index (χ4n) is 4.85. The lowest BCUT2D eigenvalue weighted by atomic mass is 9.92. The van der Waals surface area contributed by atoms with Gasteiger partial charge in [0.05, 0.1) is 4.90 Å². The maximum absolute atomic E-state index is 12.6. The van der Waals surface area contributed by atoms with Crippen molar-refractivity contribution < 1.29 is 8.42 Å². The maximum atomic E-state index is 12.6. The van der Waals surface area contributed by atoms with Crippen LogP contribution in [-0.4, -0.2) is 32.3 Å². The molecule has 2 aromatic rings. The molecule has 1 saturated heterocycles. The molecule has 2 heterocycles. The van der Waals surface area contributed by atoms with Gasteiger partial charge in [-0.05, 0) is 61.3 Å². The first-order chi connectivity index (χ1) is 13.8. The molecule has 1 aromatic carbocycles. The Hall–Kier alpha value is -2.34. The largest absolute Gasteiger partial charge is 0.371 e. The minimum atomic E-state index is -3.33. The lowest BCUT2D eigenvalue weighted by Crippen LogP contribution is -2.34. The van der Waals surface area contributed by atoms with E-state index in [0.717, 1.165) is 41.0 Å². The van der Waals surface area contributed by atoms with Gasteiger partial charge in [0.25, 0.3) is 5.56 Å². The summed E-state index contributed by atoms with van der Waals surface area (Å²) < 4.78 is 26.2. The smallest absolute Gasteiger partial charge is 0.254 e. The maximum Gasteiger partial charge on any atom is 0.254 e. The predicted octanol–water partition coefficient (Wildman–Crippen LogP) is 3.41. The Morgan fingerprint density at radius 3 is 2.41 bits per heavy atom. The summed E-state index contributed by atoms with van der Waals surface area (Å²) in [6.07, 6.45) is 12.8. The van der Waals surface area contributed by atoms with Crippen LogP contribution in [0.1, 0.15) is 36.8 Å². The minimum Gasteiger partial charge on any atom is -0.371 e. The number of fused-ring (bicyclic) bond motifs is 1. The second-order valence-electron chi connectivity index (χ2n) is 8.90. The molecule has 0 radical (unpaired) electrons. The van der Waals surface area contributed by atoms with Crippen LogP contribution in [-0.2, 0) is 23.3 Å². The van der Waals surface area contributed by atoms with E-state index < -0.39 is 9.84 Å². The number of allylic oxidation sites excluding steroid dienone is 1. The summed E-state index contributed by atoms with van der Waals surface area (Å²) >= 11 is 0. The predicted molar refractivity (Wildman–Crippen MR) is 116 cm³/mol. The molecule has 1 spiro atoms.